The minimum absolute atomic E-state index is 0.117. The standard InChI is InChI=1S/C31H52N3O5/c1-4-22(15-26-20-33-19-25(26)9-5-24-13-14-34-31(32)17-24)7-11-28(39-21(2)35)18-27(36)10-6-23-8-12-29(37)30(16-23)38-3/h19-20,22-24,28-31,34,37H,4-18,32H2,1-3H3/q+1/t22-,23?,24?,28-,29?,30?,31?/m1/s1. The van der Waals surface area contributed by atoms with Crippen LogP contribution in [0.3, 0.4) is 0 Å². The van der Waals surface area contributed by atoms with Crippen molar-refractivity contribution in [3.8, 4) is 0 Å². The minimum atomic E-state index is -0.407. The molecule has 3 aliphatic rings. The number of Topliss-reactive ketones (excluding diaryl/α,β-unsaturated/α-hetero) is 1. The molecular formula is C31H52N3O5+. The number of carbonyl (C=O) groups excluding carboxylic acids is 2. The Balaban J connectivity index is 1.45. The first kappa shape index (κ1) is 31.8. The monoisotopic (exact) mass is 546 g/mol. The lowest BCUT2D eigenvalue weighted by atomic mass is 9.82. The van der Waals surface area contributed by atoms with Gasteiger partial charge in [-0.25, -0.2) is 0 Å². The fourth-order valence-corrected chi connectivity index (χ4v) is 6.50. The number of ether oxygens (including phenoxy) is 2. The fraction of sp³-hybridized carbons (Fsp3) is 0.806. The highest BCUT2D eigenvalue weighted by Gasteiger charge is 2.30. The number of carbonyl (C=O) groups is 2. The van der Waals surface area contributed by atoms with Gasteiger partial charge in [-0.15, -0.1) is 4.99 Å². The Labute approximate surface area is 235 Å². The highest BCUT2D eigenvalue weighted by atomic mass is 16.5. The van der Waals surface area contributed by atoms with Crippen LogP contribution < -0.4 is 11.1 Å². The molecule has 0 aromatic carbocycles. The number of rotatable bonds is 16. The summed E-state index contributed by atoms with van der Waals surface area (Å²) in [7, 11) is 1.63. The van der Waals surface area contributed by atoms with E-state index in [-0.39, 0.29) is 36.5 Å². The molecule has 1 aliphatic carbocycles. The Hall–Kier alpha value is -1.74. The van der Waals surface area contributed by atoms with E-state index in [4.69, 9.17) is 15.2 Å². The number of aliphatic hydroxyl groups excluding tert-OH is 1. The molecule has 2 fully saturated rings. The lowest BCUT2D eigenvalue weighted by molar-refractivity contribution is -0.148. The number of ketones is 1. The van der Waals surface area contributed by atoms with E-state index in [9.17, 15) is 14.7 Å². The third kappa shape index (κ3) is 11.0. The van der Waals surface area contributed by atoms with Gasteiger partial charge >= 0.3 is 5.97 Å². The summed E-state index contributed by atoms with van der Waals surface area (Å²) in [6.07, 6.45) is 13.2. The molecule has 0 bridgehead atoms. The second kappa shape index (κ2) is 16.5. The molecule has 7 atom stereocenters. The first-order valence-electron chi connectivity index (χ1n) is 15.2. The van der Waals surface area contributed by atoms with E-state index in [1.807, 2.05) is 12.8 Å². The van der Waals surface area contributed by atoms with Crippen LogP contribution >= 0.6 is 0 Å². The summed E-state index contributed by atoms with van der Waals surface area (Å²) in [5, 5.41) is 13.4. The van der Waals surface area contributed by atoms with Gasteiger partial charge < -0.3 is 25.6 Å². The lowest BCUT2D eigenvalue weighted by Gasteiger charge is -2.32. The molecule has 5 unspecified atom stereocenters. The summed E-state index contributed by atoms with van der Waals surface area (Å²) in [6, 6.07) is 0. The number of allylic oxidation sites excluding steroid dienone is 1. The zero-order chi connectivity index (χ0) is 28.2. The van der Waals surface area contributed by atoms with E-state index in [2.05, 4.69) is 17.2 Å². The predicted octanol–water partition coefficient (Wildman–Crippen LogP) is 4.64. The summed E-state index contributed by atoms with van der Waals surface area (Å²) in [4.78, 5) is 29.1. The maximum Gasteiger partial charge on any atom is 0.302 e. The number of aliphatic hydroxyl groups is 1. The number of nitrogens with one attached hydrogen (secondary N) is 1. The van der Waals surface area contributed by atoms with E-state index >= 15 is 0 Å². The average Bonchev–Trinajstić information content (AvgIpc) is 3.35. The molecule has 0 aromatic heterocycles. The molecule has 220 valence electrons. The maximum atomic E-state index is 12.8. The molecule has 2 heterocycles. The summed E-state index contributed by atoms with van der Waals surface area (Å²) in [5.74, 6) is 1.32. The van der Waals surface area contributed by atoms with Crippen LogP contribution in [0.2, 0.25) is 0 Å². The smallest absolute Gasteiger partial charge is 0.302 e. The number of nitrogens with zero attached hydrogens (tertiary/aromatic N) is 1. The molecule has 0 radical (unpaired) electrons. The van der Waals surface area contributed by atoms with Gasteiger partial charge in [-0.3, -0.25) is 9.59 Å². The number of methoxy groups -OCH3 is 1. The molecule has 1 saturated carbocycles. The molecular weight excluding hydrogens is 494 g/mol. The third-order valence-electron chi connectivity index (χ3n) is 9.01. The normalized spacial score (nSPS) is 28.7. The molecule has 0 aromatic rings. The molecule has 3 rings (SSSR count). The number of hydrogen-bond acceptors (Lipinski definition) is 8. The fourth-order valence-electron chi connectivity index (χ4n) is 6.50. The number of esters is 1. The summed E-state index contributed by atoms with van der Waals surface area (Å²) < 4.78 is 11.0. The topological polar surface area (TPSA) is 123 Å². The summed E-state index contributed by atoms with van der Waals surface area (Å²) in [6.45, 7) is 6.65. The number of nitrogens with two attached hydrogens (primary N) is 1. The first-order chi connectivity index (χ1) is 18.8. The van der Waals surface area contributed by atoms with Gasteiger partial charge in [-0.2, -0.15) is 0 Å². The van der Waals surface area contributed by atoms with E-state index in [1.54, 1.807) is 7.11 Å². The third-order valence-corrected chi connectivity index (χ3v) is 9.01. The number of aliphatic imine (C=N–C) groups is 1. The van der Waals surface area contributed by atoms with Crippen LogP contribution in [0, 0.1) is 24.3 Å². The Morgan fingerprint density at radius 1 is 1.21 bits per heavy atom. The van der Waals surface area contributed by atoms with E-state index in [1.165, 1.54) is 24.5 Å². The number of piperidine rings is 1. The highest BCUT2D eigenvalue weighted by molar-refractivity contribution is 5.84. The maximum absolute atomic E-state index is 12.8. The van der Waals surface area contributed by atoms with Crippen LogP contribution in [0.5, 0.6) is 0 Å². The van der Waals surface area contributed by atoms with Crippen LogP contribution in [0.1, 0.15) is 104 Å². The Bertz CT molecular complexity index is 844. The lowest BCUT2D eigenvalue weighted by Crippen LogP contribution is -2.44. The van der Waals surface area contributed by atoms with Crippen molar-refractivity contribution in [1.29, 1.82) is 0 Å². The van der Waals surface area contributed by atoms with Crippen molar-refractivity contribution in [2.75, 3.05) is 13.7 Å². The van der Waals surface area contributed by atoms with Crippen molar-refractivity contribution in [1.82, 2.24) is 5.32 Å². The van der Waals surface area contributed by atoms with E-state index < -0.39 is 6.10 Å². The van der Waals surface area contributed by atoms with Crippen LogP contribution in [-0.2, 0) is 19.1 Å². The molecule has 39 heavy (non-hydrogen) atoms. The molecule has 2 aliphatic heterocycles. The van der Waals surface area contributed by atoms with Crippen molar-refractivity contribution in [2.24, 2.45) is 28.5 Å². The largest absolute Gasteiger partial charge is 0.462 e. The second-order valence-corrected chi connectivity index (χ2v) is 12.0. The van der Waals surface area contributed by atoms with Crippen molar-refractivity contribution < 1.29 is 24.2 Å². The summed E-state index contributed by atoms with van der Waals surface area (Å²) in [5.41, 5.74) is 8.75. The molecule has 0 spiro atoms. The van der Waals surface area contributed by atoms with Gasteiger partial charge in [0.05, 0.1) is 23.9 Å². The van der Waals surface area contributed by atoms with E-state index in [0.29, 0.717) is 30.6 Å². The van der Waals surface area contributed by atoms with Crippen LogP contribution in [0.15, 0.2) is 16.1 Å². The van der Waals surface area contributed by atoms with Crippen LogP contribution in [-0.4, -0.2) is 61.2 Å². The van der Waals surface area contributed by atoms with Crippen molar-refractivity contribution >= 4 is 18.0 Å². The van der Waals surface area contributed by atoms with Gasteiger partial charge in [0.1, 0.15) is 24.0 Å². The van der Waals surface area contributed by atoms with Gasteiger partial charge in [-0.05, 0) is 82.1 Å². The van der Waals surface area contributed by atoms with Gasteiger partial charge in [0, 0.05) is 39.7 Å². The predicted molar refractivity (Wildman–Crippen MR) is 154 cm³/mol. The quantitative estimate of drug-likeness (QED) is 0.190. The highest BCUT2D eigenvalue weighted by Crippen LogP contribution is 2.32. The van der Waals surface area contributed by atoms with Gasteiger partial charge in [0.2, 0.25) is 0 Å². The Kier molecular flexibility index (Phi) is 13.5. The van der Waals surface area contributed by atoms with Gasteiger partial charge in [0.15, 0.2) is 6.21 Å². The Morgan fingerprint density at radius 3 is 2.72 bits per heavy atom. The zero-order valence-corrected chi connectivity index (χ0v) is 24.4. The second-order valence-electron chi connectivity index (χ2n) is 12.0. The molecule has 0 amide bonds. The summed E-state index contributed by atoms with van der Waals surface area (Å²) >= 11 is 0. The van der Waals surface area contributed by atoms with Gasteiger partial charge in [-0.1, -0.05) is 13.3 Å². The molecule has 8 heteroatoms. The zero-order valence-electron chi connectivity index (χ0n) is 24.4. The Morgan fingerprint density at radius 2 is 2.00 bits per heavy atom. The molecule has 1 saturated heterocycles. The van der Waals surface area contributed by atoms with Crippen molar-refractivity contribution in [2.45, 2.75) is 128 Å². The van der Waals surface area contributed by atoms with Crippen LogP contribution in [0.4, 0.5) is 0 Å². The van der Waals surface area contributed by atoms with Crippen molar-refractivity contribution in [3.63, 3.8) is 0 Å². The SMILES string of the molecule is CC[C@H](CC[C@H](CC(=O)CCC1CCC(O)C(OC)C1)OC(C)=O)CC1=C(CCC2CCNC(N)C2)[CH+]N=C1. The average molecular weight is 547 g/mol. The van der Waals surface area contributed by atoms with E-state index in [0.717, 1.165) is 70.8 Å². The minimum Gasteiger partial charge on any atom is -0.462 e. The van der Waals surface area contributed by atoms with Crippen molar-refractivity contribution in [3.05, 3.63) is 17.7 Å². The van der Waals surface area contributed by atoms with Crippen LogP contribution in [0.25, 0.3) is 0 Å². The number of hydrogen-bond donors (Lipinski definition) is 3. The van der Waals surface area contributed by atoms with Gasteiger partial charge in [0.25, 0.3) is 0 Å². The molecule has 4 N–H and O–H groups in total. The first-order valence-corrected chi connectivity index (χ1v) is 15.2. The molecule has 8 nitrogen and oxygen atoms in total.